The number of carbonyl (C=O) groups excluding carboxylic acids is 2. The molecule has 0 atom stereocenters. The highest BCUT2D eigenvalue weighted by atomic mass is 16.2. The van der Waals surface area contributed by atoms with E-state index in [1.165, 1.54) is 12.1 Å². The number of aromatic amines is 1. The Hall–Kier alpha value is -2.18. The van der Waals surface area contributed by atoms with Gasteiger partial charge in [0.2, 0.25) is 5.91 Å². The molecule has 0 saturated carbocycles. The fourth-order valence-electron chi connectivity index (χ4n) is 2.21. The van der Waals surface area contributed by atoms with E-state index in [-0.39, 0.29) is 23.1 Å². The molecule has 1 fully saturated rings. The predicted octanol–water partition coefficient (Wildman–Crippen LogP) is 0.100. The first-order chi connectivity index (χ1) is 9.79. The normalized spacial score (nSPS) is 16.0. The third kappa shape index (κ3) is 3.48. The minimum atomic E-state index is -0.410. The van der Waals surface area contributed by atoms with Crippen LogP contribution in [0.3, 0.4) is 0 Å². The van der Waals surface area contributed by atoms with Crippen LogP contribution in [-0.2, 0) is 4.79 Å². The standard InChI is InChI=1S/C14H20N4O3/c1-14(2,3)13(21)18-8-6-17(7-9-18)12(20)10-4-5-11(19)16-15-10/h4-5H,6-9H2,1-3H3,(H,16,19). The summed E-state index contributed by atoms with van der Waals surface area (Å²) in [4.78, 5) is 38.8. The average molecular weight is 292 g/mol. The highest BCUT2D eigenvalue weighted by Crippen LogP contribution is 2.18. The fraction of sp³-hybridized carbons (Fsp3) is 0.571. The predicted molar refractivity (Wildman–Crippen MR) is 76.8 cm³/mol. The fourth-order valence-corrected chi connectivity index (χ4v) is 2.21. The van der Waals surface area contributed by atoms with Crippen molar-refractivity contribution < 1.29 is 9.59 Å². The lowest BCUT2D eigenvalue weighted by Crippen LogP contribution is -2.53. The Morgan fingerprint density at radius 1 is 1.10 bits per heavy atom. The summed E-state index contributed by atoms with van der Waals surface area (Å²) in [5.74, 6) is -0.133. The molecule has 7 nitrogen and oxygen atoms in total. The molecule has 0 spiro atoms. The maximum absolute atomic E-state index is 12.2. The van der Waals surface area contributed by atoms with E-state index in [4.69, 9.17) is 0 Å². The van der Waals surface area contributed by atoms with Crippen LogP contribution in [0.15, 0.2) is 16.9 Å². The number of nitrogens with one attached hydrogen (secondary N) is 1. The molecule has 1 N–H and O–H groups in total. The van der Waals surface area contributed by atoms with Gasteiger partial charge in [-0.3, -0.25) is 14.4 Å². The van der Waals surface area contributed by atoms with Gasteiger partial charge in [-0.2, -0.15) is 5.10 Å². The Morgan fingerprint density at radius 3 is 2.14 bits per heavy atom. The van der Waals surface area contributed by atoms with Crippen molar-refractivity contribution in [2.24, 2.45) is 5.41 Å². The van der Waals surface area contributed by atoms with E-state index in [0.29, 0.717) is 26.2 Å². The van der Waals surface area contributed by atoms with Crippen LogP contribution >= 0.6 is 0 Å². The van der Waals surface area contributed by atoms with Gasteiger partial charge in [-0.05, 0) is 6.07 Å². The number of amides is 2. The summed E-state index contributed by atoms with van der Waals surface area (Å²) in [7, 11) is 0. The Bertz CT molecular complexity index is 574. The molecule has 1 aromatic rings. The number of nitrogens with zero attached hydrogens (tertiary/aromatic N) is 3. The Kier molecular flexibility index (Phi) is 4.11. The summed E-state index contributed by atoms with van der Waals surface area (Å²) in [6.45, 7) is 7.64. The van der Waals surface area contributed by atoms with Gasteiger partial charge in [0.25, 0.3) is 11.5 Å². The number of carbonyl (C=O) groups is 2. The largest absolute Gasteiger partial charge is 0.339 e. The summed E-state index contributed by atoms with van der Waals surface area (Å²) in [6.07, 6.45) is 0. The van der Waals surface area contributed by atoms with E-state index in [1.807, 2.05) is 20.8 Å². The van der Waals surface area contributed by atoms with Gasteiger partial charge >= 0.3 is 0 Å². The second kappa shape index (κ2) is 5.67. The Morgan fingerprint density at radius 2 is 1.67 bits per heavy atom. The van der Waals surface area contributed by atoms with Crippen LogP contribution in [0, 0.1) is 5.41 Å². The molecule has 0 bridgehead atoms. The monoisotopic (exact) mass is 292 g/mol. The van der Waals surface area contributed by atoms with Gasteiger partial charge in [-0.1, -0.05) is 20.8 Å². The summed E-state index contributed by atoms with van der Waals surface area (Å²) in [5.41, 5.74) is -0.538. The van der Waals surface area contributed by atoms with E-state index in [9.17, 15) is 14.4 Å². The van der Waals surface area contributed by atoms with Crippen molar-refractivity contribution in [3.8, 4) is 0 Å². The zero-order valence-electron chi connectivity index (χ0n) is 12.5. The van der Waals surface area contributed by atoms with Crippen LogP contribution in [0.5, 0.6) is 0 Å². The van der Waals surface area contributed by atoms with Crippen LogP contribution < -0.4 is 5.56 Å². The van der Waals surface area contributed by atoms with Crippen molar-refractivity contribution in [2.45, 2.75) is 20.8 Å². The second-order valence-corrected chi connectivity index (χ2v) is 6.14. The molecule has 21 heavy (non-hydrogen) atoms. The summed E-state index contributed by atoms with van der Waals surface area (Å²) < 4.78 is 0. The highest BCUT2D eigenvalue weighted by Gasteiger charge is 2.31. The third-order valence-corrected chi connectivity index (χ3v) is 3.39. The Balaban J connectivity index is 1.98. The second-order valence-electron chi connectivity index (χ2n) is 6.14. The lowest BCUT2D eigenvalue weighted by atomic mass is 9.94. The molecule has 2 amide bonds. The van der Waals surface area contributed by atoms with E-state index in [2.05, 4.69) is 10.2 Å². The van der Waals surface area contributed by atoms with Gasteiger partial charge in [0.1, 0.15) is 5.69 Å². The quantitative estimate of drug-likeness (QED) is 0.795. The van der Waals surface area contributed by atoms with Crippen molar-refractivity contribution in [2.75, 3.05) is 26.2 Å². The molecular formula is C14H20N4O3. The average Bonchev–Trinajstić information content (AvgIpc) is 2.46. The smallest absolute Gasteiger partial charge is 0.274 e. The number of hydrogen-bond donors (Lipinski definition) is 1. The first-order valence-corrected chi connectivity index (χ1v) is 6.93. The lowest BCUT2D eigenvalue weighted by molar-refractivity contribution is -0.140. The Labute approximate surface area is 122 Å². The van der Waals surface area contributed by atoms with Crippen molar-refractivity contribution in [1.29, 1.82) is 0 Å². The number of hydrogen-bond acceptors (Lipinski definition) is 4. The maximum atomic E-state index is 12.2. The zero-order valence-corrected chi connectivity index (χ0v) is 12.5. The van der Waals surface area contributed by atoms with Crippen LogP contribution in [0.1, 0.15) is 31.3 Å². The molecule has 114 valence electrons. The molecular weight excluding hydrogens is 272 g/mol. The summed E-state index contributed by atoms with van der Waals surface area (Å²) in [6, 6.07) is 2.69. The van der Waals surface area contributed by atoms with Crippen LogP contribution in [0.25, 0.3) is 0 Å². The van der Waals surface area contributed by atoms with Gasteiger partial charge < -0.3 is 9.80 Å². The van der Waals surface area contributed by atoms with E-state index >= 15 is 0 Å². The molecule has 1 aromatic heterocycles. The minimum Gasteiger partial charge on any atom is -0.339 e. The van der Waals surface area contributed by atoms with Gasteiger partial charge in [0, 0.05) is 37.7 Å². The van der Waals surface area contributed by atoms with Crippen molar-refractivity contribution >= 4 is 11.8 Å². The third-order valence-electron chi connectivity index (χ3n) is 3.39. The maximum Gasteiger partial charge on any atom is 0.274 e. The first-order valence-electron chi connectivity index (χ1n) is 6.93. The molecule has 1 saturated heterocycles. The number of rotatable bonds is 1. The van der Waals surface area contributed by atoms with Gasteiger partial charge in [0.05, 0.1) is 0 Å². The number of H-pyrrole nitrogens is 1. The molecule has 2 heterocycles. The van der Waals surface area contributed by atoms with Gasteiger partial charge in [-0.25, -0.2) is 5.10 Å². The van der Waals surface area contributed by atoms with Crippen molar-refractivity contribution in [3.05, 3.63) is 28.2 Å². The van der Waals surface area contributed by atoms with Gasteiger partial charge in [0.15, 0.2) is 0 Å². The molecule has 2 rings (SSSR count). The van der Waals surface area contributed by atoms with E-state index in [0.717, 1.165) is 0 Å². The molecule has 1 aliphatic rings. The van der Waals surface area contributed by atoms with Crippen LogP contribution in [0.4, 0.5) is 0 Å². The molecule has 7 heteroatoms. The zero-order chi connectivity index (χ0) is 15.6. The number of piperazine rings is 1. The molecule has 0 unspecified atom stereocenters. The topological polar surface area (TPSA) is 86.4 Å². The van der Waals surface area contributed by atoms with E-state index in [1.54, 1.807) is 9.80 Å². The first kappa shape index (κ1) is 15.2. The van der Waals surface area contributed by atoms with E-state index < -0.39 is 5.41 Å². The van der Waals surface area contributed by atoms with Crippen molar-refractivity contribution in [3.63, 3.8) is 0 Å². The van der Waals surface area contributed by atoms with Crippen LogP contribution in [-0.4, -0.2) is 58.0 Å². The molecule has 0 radical (unpaired) electrons. The lowest BCUT2D eigenvalue weighted by Gasteiger charge is -2.37. The highest BCUT2D eigenvalue weighted by molar-refractivity contribution is 5.92. The molecule has 0 aromatic carbocycles. The number of aromatic nitrogens is 2. The van der Waals surface area contributed by atoms with Crippen LogP contribution in [0.2, 0.25) is 0 Å². The van der Waals surface area contributed by atoms with Crippen molar-refractivity contribution in [1.82, 2.24) is 20.0 Å². The molecule has 1 aliphatic heterocycles. The van der Waals surface area contributed by atoms with Gasteiger partial charge in [-0.15, -0.1) is 0 Å². The summed E-state index contributed by atoms with van der Waals surface area (Å²) in [5, 5.41) is 5.99. The summed E-state index contributed by atoms with van der Waals surface area (Å²) >= 11 is 0. The molecule has 0 aliphatic carbocycles. The minimum absolute atomic E-state index is 0.0942. The SMILES string of the molecule is CC(C)(C)C(=O)N1CCN(C(=O)c2ccc(=O)[nH]n2)CC1.